The molecule has 2 aromatic rings. The smallest absolute Gasteiger partial charge is 0.0595 e. The van der Waals surface area contributed by atoms with Gasteiger partial charge in [0.05, 0.1) is 10.0 Å². The largest absolute Gasteiger partial charge is 0.271 e. The number of nitrogens with zero attached hydrogens (tertiary/aromatic N) is 1. The predicted molar refractivity (Wildman–Crippen MR) is 79.2 cm³/mol. The molecule has 0 saturated heterocycles. The summed E-state index contributed by atoms with van der Waals surface area (Å²) in [6.45, 7) is 0. The normalized spacial score (nSPS) is 12.4. The molecule has 0 aliphatic heterocycles. The highest BCUT2D eigenvalue weighted by Gasteiger charge is 2.10. The molecule has 0 saturated carbocycles. The lowest BCUT2D eigenvalue weighted by atomic mass is 10.0. The molecule has 0 radical (unpaired) electrons. The van der Waals surface area contributed by atoms with Crippen LogP contribution in [0.15, 0.2) is 42.6 Å². The van der Waals surface area contributed by atoms with Crippen molar-refractivity contribution in [3.63, 3.8) is 0 Å². The molecule has 1 unspecified atom stereocenters. The van der Waals surface area contributed by atoms with Gasteiger partial charge in [-0.05, 0) is 36.2 Å². The summed E-state index contributed by atoms with van der Waals surface area (Å²) in [5, 5.41) is 1.13. The lowest BCUT2D eigenvalue weighted by Crippen LogP contribution is -2.38. The number of benzene rings is 1. The van der Waals surface area contributed by atoms with E-state index in [1.807, 2.05) is 30.3 Å². The number of nitrogens with two attached hydrogens (primary N) is 1. The zero-order valence-corrected chi connectivity index (χ0v) is 11.8. The summed E-state index contributed by atoms with van der Waals surface area (Å²) in [6, 6.07) is 11.6. The van der Waals surface area contributed by atoms with E-state index < -0.39 is 0 Å². The van der Waals surface area contributed by atoms with Gasteiger partial charge < -0.3 is 0 Å². The minimum Gasteiger partial charge on any atom is -0.271 e. The lowest BCUT2D eigenvalue weighted by molar-refractivity contribution is 0.517. The first-order chi connectivity index (χ1) is 9.19. The maximum Gasteiger partial charge on any atom is 0.0595 e. The average molecular weight is 296 g/mol. The van der Waals surface area contributed by atoms with Crippen LogP contribution in [0.5, 0.6) is 0 Å². The van der Waals surface area contributed by atoms with Gasteiger partial charge in [-0.1, -0.05) is 35.3 Å². The number of nitrogens with one attached hydrogen (secondary N) is 1. The molecule has 0 spiro atoms. The lowest BCUT2D eigenvalue weighted by Gasteiger charge is -2.15. The quantitative estimate of drug-likeness (QED) is 0.658. The van der Waals surface area contributed by atoms with E-state index >= 15 is 0 Å². The van der Waals surface area contributed by atoms with E-state index in [0.29, 0.717) is 10.0 Å². The zero-order valence-electron chi connectivity index (χ0n) is 10.3. The van der Waals surface area contributed by atoms with Crippen molar-refractivity contribution in [3.05, 3.63) is 63.9 Å². The average Bonchev–Trinajstić information content (AvgIpc) is 2.43. The molecule has 1 aromatic carbocycles. The molecule has 0 fully saturated rings. The number of hydrogen-bond acceptors (Lipinski definition) is 3. The zero-order chi connectivity index (χ0) is 13.7. The Hall–Kier alpha value is -1.13. The molecule has 0 aliphatic rings. The van der Waals surface area contributed by atoms with Gasteiger partial charge in [-0.15, -0.1) is 0 Å². The number of pyridine rings is 1. The number of hydrazine groups is 1. The van der Waals surface area contributed by atoms with E-state index in [4.69, 9.17) is 29.0 Å². The minimum absolute atomic E-state index is 0.104. The summed E-state index contributed by atoms with van der Waals surface area (Å²) in [5.74, 6) is 5.60. The molecule has 3 N–H and O–H groups in total. The third-order valence-corrected chi connectivity index (χ3v) is 3.62. The van der Waals surface area contributed by atoms with Gasteiger partial charge >= 0.3 is 0 Å². The SMILES string of the molecule is NNC(Cc1ccc(Cl)c(Cl)c1)Cc1ccccn1. The molecule has 19 heavy (non-hydrogen) atoms. The summed E-state index contributed by atoms with van der Waals surface area (Å²) in [6.07, 6.45) is 3.31. The highest BCUT2D eigenvalue weighted by atomic mass is 35.5. The van der Waals surface area contributed by atoms with Crippen LogP contribution in [-0.4, -0.2) is 11.0 Å². The molecule has 0 amide bonds. The van der Waals surface area contributed by atoms with Crippen molar-refractivity contribution in [3.8, 4) is 0 Å². The van der Waals surface area contributed by atoms with E-state index in [2.05, 4.69) is 10.4 Å². The molecule has 0 bridgehead atoms. The van der Waals surface area contributed by atoms with Gasteiger partial charge in [-0.2, -0.15) is 0 Å². The van der Waals surface area contributed by atoms with Crippen LogP contribution in [0.2, 0.25) is 10.0 Å². The predicted octanol–water partition coefficient (Wildman–Crippen LogP) is 3.01. The first-order valence-corrected chi connectivity index (χ1v) is 6.74. The van der Waals surface area contributed by atoms with Crippen molar-refractivity contribution in [2.75, 3.05) is 0 Å². The number of rotatable bonds is 5. The highest BCUT2D eigenvalue weighted by molar-refractivity contribution is 6.42. The standard InChI is InChI=1S/C14H15Cl2N3/c15-13-5-4-10(8-14(13)16)7-12(19-17)9-11-3-1-2-6-18-11/h1-6,8,12,19H,7,9,17H2. The third-order valence-electron chi connectivity index (χ3n) is 2.88. The second-order valence-electron chi connectivity index (χ2n) is 4.34. The van der Waals surface area contributed by atoms with Crippen molar-refractivity contribution >= 4 is 23.2 Å². The molecular weight excluding hydrogens is 281 g/mol. The van der Waals surface area contributed by atoms with Gasteiger partial charge in [-0.3, -0.25) is 16.3 Å². The van der Waals surface area contributed by atoms with E-state index in [9.17, 15) is 0 Å². The van der Waals surface area contributed by atoms with E-state index in [-0.39, 0.29) is 6.04 Å². The van der Waals surface area contributed by atoms with Gasteiger partial charge in [-0.25, -0.2) is 0 Å². The van der Waals surface area contributed by atoms with E-state index in [1.165, 1.54) is 0 Å². The Morgan fingerprint density at radius 1 is 1.11 bits per heavy atom. The van der Waals surface area contributed by atoms with Crippen LogP contribution in [0.4, 0.5) is 0 Å². The van der Waals surface area contributed by atoms with E-state index in [1.54, 1.807) is 12.3 Å². The van der Waals surface area contributed by atoms with Crippen molar-refractivity contribution in [1.82, 2.24) is 10.4 Å². The van der Waals surface area contributed by atoms with Crippen molar-refractivity contribution in [2.24, 2.45) is 5.84 Å². The fourth-order valence-electron chi connectivity index (χ4n) is 1.91. The van der Waals surface area contributed by atoms with Crippen LogP contribution in [0.3, 0.4) is 0 Å². The first-order valence-electron chi connectivity index (χ1n) is 5.99. The summed E-state index contributed by atoms with van der Waals surface area (Å²) in [7, 11) is 0. The van der Waals surface area contributed by atoms with Crippen LogP contribution < -0.4 is 11.3 Å². The maximum absolute atomic E-state index is 6.00. The molecular formula is C14H15Cl2N3. The molecule has 1 heterocycles. The van der Waals surface area contributed by atoms with Crippen LogP contribution in [0.25, 0.3) is 0 Å². The Bertz CT molecular complexity index is 531. The summed E-state index contributed by atoms with van der Waals surface area (Å²) < 4.78 is 0. The Labute approximate surface area is 122 Å². The van der Waals surface area contributed by atoms with Crippen molar-refractivity contribution < 1.29 is 0 Å². The molecule has 1 aromatic heterocycles. The third kappa shape index (κ3) is 4.18. The summed E-state index contributed by atoms with van der Waals surface area (Å²) in [4.78, 5) is 4.30. The minimum atomic E-state index is 0.104. The second kappa shape index (κ2) is 6.87. The van der Waals surface area contributed by atoms with E-state index in [0.717, 1.165) is 24.1 Å². The van der Waals surface area contributed by atoms with Crippen molar-refractivity contribution in [2.45, 2.75) is 18.9 Å². The second-order valence-corrected chi connectivity index (χ2v) is 5.16. The van der Waals surface area contributed by atoms with Crippen LogP contribution in [-0.2, 0) is 12.8 Å². The van der Waals surface area contributed by atoms with Crippen LogP contribution in [0.1, 0.15) is 11.3 Å². The van der Waals surface area contributed by atoms with Crippen LogP contribution >= 0.6 is 23.2 Å². The monoisotopic (exact) mass is 295 g/mol. The number of hydrogen-bond donors (Lipinski definition) is 2. The summed E-state index contributed by atoms with van der Waals surface area (Å²) in [5.41, 5.74) is 4.91. The Kier molecular flexibility index (Phi) is 5.16. The number of aromatic nitrogens is 1. The summed E-state index contributed by atoms with van der Waals surface area (Å²) >= 11 is 11.9. The molecule has 2 rings (SSSR count). The maximum atomic E-state index is 6.00. The Morgan fingerprint density at radius 2 is 1.95 bits per heavy atom. The first kappa shape index (κ1) is 14.3. The molecule has 100 valence electrons. The Balaban J connectivity index is 2.04. The number of halogens is 2. The fraction of sp³-hybridized carbons (Fsp3) is 0.214. The van der Waals surface area contributed by atoms with Crippen molar-refractivity contribution in [1.29, 1.82) is 0 Å². The van der Waals surface area contributed by atoms with Gasteiger partial charge in [0.15, 0.2) is 0 Å². The van der Waals surface area contributed by atoms with Gasteiger partial charge in [0, 0.05) is 24.4 Å². The van der Waals surface area contributed by atoms with Crippen LogP contribution in [0, 0.1) is 0 Å². The van der Waals surface area contributed by atoms with Gasteiger partial charge in [0.1, 0.15) is 0 Å². The molecule has 3 nitrogen and oxygen atoms in total. The Morgan fingerprint density at radius 3 is 2.58 bits per heavy atom. The highest BCUT2D eigenvalue weighted by Crippen LogP contribution is 2.23. The molecule has 5 heteroatoms. The topological polar surface area (TPSA) is 50.9 Å². The molecule has 0 aliphatic carbocycles. The van der Waals surface area contributed by atoms with Gasteiger partial charge in [0.25, 0.3) is 0 Å². The van der Waals surface area contributed by atoms with Gasteiger partial charge in [0.2, 0.25) is 0 Å². The molecule has 1 atom stereocenters. The fourth-order valence-corrected chi connectivity index (χ4v) is 2.23.